The average molecular weight is 372 g/mol. The second kappa shape index (κ2) is 8.72. The SMILES string of the molecule is CCCOC(=O)c1cc(O)c(O)c(O)c1C#Cc1ccc(OC)c(OC)c1. The van der Waals surface area contributed by atoms with Gasteiger partial charge in [0.15, 0.2) is 23.0 Å². The molecule has 0 bridgehead atoms. The lowest BCUT2D eigenvalue weighted by Crippen LogP contribution is -2.08. The van der Waals surface area contributed by atoms with Crippen molar-refractivity contribution in [2.75, 3.05) is 20.8 Å². The van der Waals surface area contributed by atoms with Gasteiger partial charge in [0.05, 0.1) is 32.0 Å². The molecule has 0 amide bonds. The number of aromatic hydroxyl groups is 3. The summed E-state index contributed by atoms with van der Waals surface area (Å²) < 4.78 is 15.4. The van der Waals surface area contributed by atoms with Gasteiger partial charge in [0.25, 0.3) is 0 Å². The Bertz CT molecular complexity index is 907. The summed E-state index contributed by atoms with van der Waals surface area (Å²) in [6.45, 7) is 2.00. The maximum atomic E-state index is 12.2. The van der Waals surface area contributed by atoms with Crippen molar-refractivity contribution in [1.29, 1.82) is 0 Å². The lowest BCUT2D eigenvalue weighted by atomic mass is 10.0. The summed E-state index contributed by atoms with van der Waals surface area (Å²) in [7, 11) is 3.00. The van der Waals surface area contributed by atoms with E-state index in [0.29, 0.717) is 23.5 Å². The quantitative estimate of drug-likeness (QED) is 0.421. The molecule has 0 saturated carbocycles. The lowest BCUT2D eigenvalue weighted by molar-refractivity contribution is 0.0503. The van der Waals surface area contributed by atoms with Gasteiger partial charge in [-0.1, -0.05) is 18.8 Å². The number of rotatable bonds is 5. The molecule has 27 heavy (non-hydrogen) atoms. The Labute approximate surface area is 156 Å². The van der Waals surface area contributed by atoms with Crippen LogP contribution in [0, 0.1) is 11.8 Å². The number of phenolic OH excluding ortho intramolecular Hbond substituents is 3. The molecular weight excluding hydrogens is 352 g/mol. The van der Waals surface area contributed by atoms with Gasteiger partial charge < -0.3 is 29.5 Å². The Kier molecular flexibility index (Phi) is 6.39. The predicted octanol–water partition coefficient (Wildman–Crippen LogP) is 2.79. The predicted molar refractivity (Wildman–Crippen MR) is 97.5 cm³/mol. The Morgan fingerprint density at radius 3 is 2.33 bits per heavy atom. The largest absolute Gasteiger partial charge is 0.504 e. The molecule has 3 N–H and O–H groups in total. The molecule has 2 aromatic carbocycles. The van der Waals surface area contributed by atoms with Gasteiger partial charge in [-0.15, -0.1) is 0 Å². The highest BCUT2D eigenvalue weighted by molar-refractivity contribution is 5.95. The average Bonchev–Trinajstić information content (AvgIpc) is 2.68. The molecule has 0 heterocycles. The van der Waals surface area contributed by atoms with Gasteiger partial charge in [-0.2, -0.15) is 0 Å². The molecule has 142 valence electrons. The molecule has 0 aliphatic rings. The monoisotopic (exact) mass is 372 g/mol. The van der Waals surface area contributed by atoms with Crippen molar-refractivity contribution < 1.29 is 34.3 Å². The highest BCUT2D eigenvalue weighted by Crippen LogP contribution is 2.39. The van der Waals surface area contributed by atoms with E-state index in [1.807, 2.05) is 6.92 Å². The van der Waals surface area contributed by atoms with Gasteiger partial charge in [-0.3, -0.25) is 0 Å². The number of ether oxygens (including phenoxy) is 3. The molecule has 0 aliphatic heterocycles. The van der Waals surface area contributed by atoms with E-state index in [4.69, 9.17) is 14.2 Å². The zero-order chi connectivity index (χ0) is 20.0. The lowest BCUT2D eigenvalue weighted by Gasteiger charge is -2.10. The minimum atomic E-state index is -0.765. The molecule has 2 rings (SSSR count). The number of phenols is 3. The fourth-order valence-electron chi connectivity index (χ4n) is 2.25. The van der Waals surface area contributed by atoms with E-state index in [1.165, 1.54) is 14.2 Å². The van der Waals surface area contributed by atoms with Crippen LogP contribution in [0.1, 0.15) is 34.8 Å². The summed E-state index contributed by atoms with van der Waals surface area (Å²) in [5.74, 6) is 3.53. The third-order valence-electron chi connectivity index (χ3n) is 3.63. The molecule has 0 radical (unpaired) electrons. The van der Waals surface area contributed by atoms with E-state index in [9.17, 15) is 20.1 Å². The van der Waals surface area contributed by atoms with Gasteiger partial charge in [0, 0.05) is 5.56 Å². The van der Waals surface area contributed by atoms with Crippen molar-refractivity contribution in [3.63, 3.8) is 0 Å². The van der Waals surface area contributed by atoms with E-state index in [2.05, 4.69) is 11.8 Å². The van der Waals surface area contributed by atoms with Crippen molar-refractivity contribution >= 4 is 5.97 Å². The van der Waals surface area contributed by atoms with Crippen molar-refractivity contribution in [3.05, 3.63) is 41.0 Å². The first-order valence-corrected chi connectivity index (χ1v) is 8.11. The third kappa shape index (κ3) is 4.36. The Morgan fingerprint density at radius 1 is 1.00 bits per heavy atom. The Balaban J connectivity index is 2.51. The molecule has 0 saturated heterocycles. The fourth-order valence-corrected chi connectivity index (χ4v) is 2.25. The van der Waals surface area contributed by atoms with Crippen LogP contribution >= 0.6 is 0 Å². The minimum Gasteiger partial charge on any atom is -0.504 e. The highest BCUT2D eigenvalue weighted by atomic mass is 16.5. The van der Waals surface area contributed by atoms with Crippen LogP contribution in [-0.2, 0) is 4.74 Å². The second-order valence-corrected chi connectivity index (χ2v) is 5.47. The molecule has 0 unspecified atom stereocenters. The summed E-state index contributed by atoms with van der Waals surface area (Å²) >= 11 is 0. The van der Waals surface area contributed by atoms with Crippen LogP contribution in [-0.4, -0.2) is 42.1 Å². The van der Waals surface area contributed by atoms with Crippen LogP contribution < -0.4 is 9.47 Å². The van der Waals surface area contributed by atoms with Crippen molar-refractivity contribution in [1.82, 2.24) is 0 Å². The zero-order valence-corrected chi connectivity index (χ0v) is 15.2. The van der Waals surface area contributed by atoms with Gasteiger partial charge in [-0.25, -0.2) is 4.79 Å². The number of esters is 1. The summed E-state index contributed by atoms with van der Waals surface area (Å²) in [6.07, 6.45) is 0.606. The fraction of sp³-hybridized carbons (Fsp3) is 0.250. The first kappa shape index (κ1) is 19.8. The van der Waals surface area contributed by atoms with Gasteiger partial charge in [0.1, 0.15) is 0 Å². The molecule has 7 nitrogen and oxygen atoms in total. The molecular formula is C20H20O7. The van der Waals surface area contributed by atoms with Crippen LogP contribution in [0.15, 0.2) is 24.3 Å². The summed E-state index contributed by atoms with van der Waals surface area (Å²) in [5, 5.41) is 29.6. The number of carbonyl (C=O) groups is 1. The summed E-state index contributed by atoms with van der Waals surface area (Å²) in [4.78, 5) is 12.2. The van der Waals surface area contributed by atoms with Crippen LogP contribution in [0.3, 0.4) is 0 Å². The van der Waals surface area contributed by atoms with E-state index in [-0.39, 0.29) is 17.7 Å². The van der Waals surface area contributed by atoms with Crippen LogP contribution in [0.5, 0.6) is 28.7 Å². The van der Waals surface area contributed by atoms with E-state index in [0.717, 1.165) is 6.07 Å². The second-order valence-electron chi connectivity index (χ2n) is 5.47. The number of hydrogen-bond acceptors (Lipinski definition) is 7. The van der Waals surface area contributed by atoms with Crippen LogP contribution in [0.25, 0.3) is 0 Å². The number of methoxy groups -OCH3 is 2. The van der Waals surface area contributed by atoms with Crippen molar-refractivity contribution in [3.8, 4) is 40.6 Å². The standard InChI is InChI=1S/C20H20O7/c1-4-9-27-20(24)14-11-15(21)19(23)18(22)13(14)7-5-12-6-8-16(25-2)17(10-12)26-3/h6,8,10-11,21-23H,4,9H2,1-3H3. The zero-order valence-electron chi connectivity index (χ0n) is 15.2. The highest BCUT2D eigenvalue weighted by Gasteiger charge is 2.21. The molecule has 0 atom stereocenters. The number of carbonyl (C=O) groups excluding carboxylic acids is 1. The summed E-state index contributed by atoms with van der Waals surface area (Å²) in [6, 6.07) is 5.96. The van der Waals surface area contributed by atoms with Gasteiger partial charge in [0.2, 0.25) is 5.75 Å². The first-order valence-electron chi connectivity index (χ1n) is 8.11. The van der Waals surface area contributed by atoms with Gasteiger partial charge in [-0.05, 0) is 30.7 Å². The maximum Gasteiger partial charge on any atom is 0.339 e. The molecule has 0 spiro atoms. The van der Waals surface area contributed by atoms with Gasteiger partial charge >= 0.3 is 5.97 Å². The number of benzene rings is 2. The minimum absolute atomic E-state index is 0.149. The molecule has 0 aromatic heterocycles. The summed E-state index contributed by atoms with van der Waals surface area (Å²) in [5.41, 5.74) is 0.220. The number of hydrogen-bond donors (Lipinski definition) is 3. The van der Waals surface area contributed by atoms with E-state index in [1.54, 1.807) is 18.2 Å². The molecule has 7 heteroatoms. The van der Waals surface area contributed by atoms with Crippen molar-refractivity contribution in [2.45, 2.75) is 13.3 Å². The third-order valence-corrected chi connectivity index (χ3v) is 3.63. The van der Waals surface area contributed by atoms with Crippen LogP contribution in [0.4, 0.5) is 0 Å². The molecule has 2 aromatic rings. The van der Waals surface area contributed by atoms with E-state index >= 15 is 0 Å². The molecule has 0 fully saturated rings. The van der Waals surface area contributed by atoms with E-state index < -0.39 is 23.2 Å². The smallest absolute Gasteiger partial charge is 0.339 e. The van der Waals surface area contributed by atoms with Crippen LogP contribution in [0.2, 0.25) is 0 Å². The molecule has 0 aliphatic carbocycles. The maximum absolute atomic E-state index is 12.2. The first-order chi connectivity index (χ1) is 12.9. The van der Waals surface area contributed by atoms with Crippen molar-refractivity contribution in [2.24, 2.45) is 0 Å². The normalized spacial score (nSPS) is 9.89. The Morgan fingerprint density at radius 2 is 1.70 bits per heavy atom. The topological polar surface area (TPSA) is 105 Å². The Hall–Kier alpha value is -3.53.